The van der Waals surface area contributed by atoms with Gasteiger partial charge in [-0.1, -0.05) is 25.3 Å². The molecule has 0 bridgehead atoms. The van der Waals surface area contributed by atoms with E-state index in [0.717, 1.165) is 23.9 Å². The summed E-state index contributed by atoms with van der Waals surface area (Å²) in [6.45, 7) is 3.45. The molecule has 2 atom stereocenters. The molecule has 150 valence electrons. The number of aromatic nitrogens is 2. The van der Waals surface area contributed by atoms with Crippen molar-refractivity contribution < 1.29 is 4.79 Å². The van der Waals surface area contributed by atoms with E-state index >= 15 is 0 Å². The number of hydrogen-bond acceptors (Lipinski definition) is 5. The second-order valence-corrected chi connectivity index (χ2v) is 9.13. The van der Waals surface area contributed by atoms with E-state index in [-0.39, 0.29) is 11.9 Å². The average Bonchev–Trinajstić information content (AvgIpc) is 3.28. The van der Waals surface area contributed by atoms with E-state index in [2.05, 4.69) is 20.2 Å². The second-order valence-electron chi connectivity index (χ2n) is 8.20. The Bertz CT molecular complexity index is 730. The van der Waals surface area contributed by atoms with Crippen LogP contribution in [0.3, 0.4) is 0 Å². The minimum absolute atomic E-state index is 0.0383. The minimum Gasteiger partial charge on any atom is -0.341 e. The van der Waals surface area contributed by atoms with Gasteiger partial charge in [-0.2, -0.15) is 0 Å². The van der Waals surface area contributed by atoms with Crippen molar-refractivity contribution in [3.05, 3.63) is 46.7 Å². The van der Waals surface area contributed by atoms with Crippen molar-refractivity contribution in [2.75, 3.05) is 19.6 Å². The molecule has 4 rings (SSSR count). The third-order valence-electron chi connectivity index (χ3n) is 6.16. The zero-order valence-corrected chi connectivity index (χ0v) is 17.2. The van der Waals surface area contributed by atoms with Crippen LogP contribution in [0.4, 0.5) is 0 Å². The molecule has 1 saturated carbocycles. The lowest BCUT2D eigenvalue weighted by Gasteiger charge is -2.38. The molecule has 0 aromatic carbocycles. The van der Waals surface area contributed by atoms with Crippen LogP contribution in [-0.2, 0) is 0 Å². The van der Waals surface area contributed by atoms with Crippen LogP contribution >= 0.6 is 11.3 Å². The quantitative estimate of drug-likeness (QED) is 0.788. The Morgan fingerprint density at radius 2 is 2.04 bits per heavy atom. The summed E-state index contributed by atoms with van der Waals surface area (Å²) in [6.07, 6.45) is 12.8. The predicted molar refractivity (Wildman–Crippen MR) is 112 cm³/mol. The fourth-order valence-corrected chi connectivity index (χ4v) is 5.53. The molecule has 28 heavy (non-hydrogen) atoms. The number of nitrogens with zero attached hydrogens (tertiary/aromatic N) is 3. The molecule has 6 heteroatoms. The number of carbonyl (C=O) groups excluding carboxylic acids is 1. The number of hydrogen-bond donors (Lipinski definition) is 1. The molecule has 1 saturated heterocycles. The highest BCUT2D eigenvalue weighted by atomic mass is 32.1. The summed E-state index contributed by atoms with van der Waals surface area (Å²) in [7, 11) is 0. The van der Waals surface area contributed by atoms with Crippen LogP contribution in [0.15, 0.2) is 36.0 Å². The van der Waals surface area contributed by atoms with Crippen LogP contribution in [0.25, 0.3) is 0 Å². The van der Waals surface area contributed by atoms with Gasteiger partial charge in [-0.15, -0.1) is 11.3 Å². The highest BCUT2D eigenvalue weighted by molar-refractivity contribution is 7.09. The highest BCUT2D eigenvalue weighted by Gasteiger charge is 2.32. The topological polar surface area (TPSA) is 58.1 Å². The van der Waals surface area contributed by atoms with Gasteiger partial charge in [0.05, 0.1) is 6.04 Å². The fraction of sp³-hybridized carbons (Fsp3) is 0.591. The maximum atomic E-state index is 12.8. The van der Waals surface area contributed by atoms with Gasteiger partial charge < -0.3 is 10.2 Å². The van der Waals surface area contributed by atoms with Gasteiger partial charge in [0.1, 0.15) is 10.7 Å². The molecule has 2 aromatic rings. The summed E-state index contributed by atoms with van der Waals surface area (Å²) in [5.74, 6) is 1.15. The fourth-order valence-electron chi connectivity index (χ4n) is 4.75. The van der Waals surface area contributed by atoms with Gasteiger partial charge in [0.15, 0.2) is 0 Å². The Kier molecular flexibility index (Phi) is 6.70. The summed E-state index contributed by atoms with van der Waals surface area (Å²) in [6, 6.07) is 5.42. The smallest absolute Gasteiger partial charge is 0.270 e. The van der Waals surface area contributed by atoms with E-state index in [9.17, 15) is 4.79 Å². The van der Waals surface area contributed by atoms with Crippen molar-refractivity contribution in [1.82, 2.24) is 20.2 Å². The Labute approximate surface area is 171 Å². The van der Waals surface area contributed by atoms with Crippen molar-refractivity contribution >= 4 is 17.2 Å². The maximum Gasteiger partial charge on any atom is 0.270 e. The molecule has 0 unspecified atom stereocenters. The molecule has 2 fully saturated rings. The monoisotopic (exact) mass is 398 g/mol. The van der Waals surface area contributed by atoms with Crippen molar-refractivity contribution in [1.29, 1.82) is 0 Å². The Balaban J connectivity index is 1.44. The molecule has 1 aliphatic heterocycles. The summed E-state index contributed by atoms with van der Waals surface area (Å²) in [4.78, 5) is 24.2. The molecule has 2 aliphatic rings. The Morgan fingerprint density at radius 3 is 2.79 bits per heavy atom. The lowest BCUT2D eigenvalue weighted by molar-refractivity contribution is 0.0855. The van der Waals surface area contributed by atoms with E-state index in [0.29, 0.717) is 11.6 Å². The molecule has 1 N–H and O–H groups in total. The number of carbonyl (C=O) groups is 1. The van der Waals surface area contributed by atoms with Crippen molar-refractivity contribution in [2.24, 2.45) is 11.8 Å². The van der Waals surface area contributed by atoms with Gasteiger partial charge in [-0.3, -0.25) is 9.78 Å². The van der Waals surface area contributed by atoms with Crippen LogP contribution in [0.5, 0.6) is 0 Å². The first-order valence-electron chi connectivity index (χ1n) is 10.6. The molecule has 1 aliphatic carbocycles. The SMILES string of the molecule is O=C(N[C@H](c1nccs1)[C@@H]1CCCN(CC2CCCCC2)C1)c1ccccn1. The number of piperidine rings is 1. The summed E-state index contributed by atoms with van der Waals surface area (Å²) in [5, 5.41) is 6.26. The minimum atomic E-state index is -0.106. The highest BCUT2D eigenvalue weighted by Crippen LogP contribution is 2.33. The zero-order valence-electron chi connectivity index (χ0n) is 16.4. The number of pyridine rings is 1. The van der Waals surface area contributed by atoms with Crippen LogP contribution < -0.4 is 5.32 Å². The van der Waals surface area contributed by atoms with Gasteiger partial charge in [0.25, 0.3) is 5.91 Å². The van der Waals surface area contributed by atoms with Gasteiger partial charge in [-0.25, -0.2) is 4.98 Å². The number of amides is 1. The number of rotatable bonds is 6. The summed E-state index contributed by atoms with van der Waals surface area (Å²) in [5.41, 5.74) is 0.471. The number of likely N-dealkylation sites (tertiary alicyclic amines) is 1. The predicted octanol–water partition coefficient (Wildman–Crippen LogP) is 4.30. The molecular weight excluding hydrogens is 368 g/mol. The largest absolute Gasteiger partial charge is 0.341 e. The third kappa shape index (κ3) is 4.97. The normalized spacial score (nSPS) is 22.6. The maximum absolute atomic E-state index is 12.8. The van der Waals surface area contributed by atoms with E-state index in [1.807, 2.05) is 23.7 Å². The second kappa shape index (κ2) is 9.61. The van der Waals surface area contributed by atoms with E-state index in [1.54, 1.807) is 23.6 Å². The van der Waals surface area contributed by atoms with Crippen LogP contribution in [0.2, 0.25) is 0 Å². The van der Waals surface area contributed by atoms with E-state index < -0.39 is 0 Å². The Hall–Kier alpha value is -1.79. The summed E-state index contributed by atoms with van der Waals surface area (Å²) >= 11 is 1.63. The van der Waals surface area contributed by atoms with Gasteiger partial charge in [-0.05, 0) is 56.2 Å². The van der Waals surface area contributed by atoms with Crippen LogP contribution in [0, 0.1) is 11.8 Å². The van der Waals surface area contributed by atoms with Crippen LogP contribution in [0.1, 0.15) is 66.5 Å². The first kappa shape index (κ1) is 19.5. The Morgan fingerprint density at radius 1 is 1.14 bits per heavy atom. The molecule has 5 nitrogen and oxygen atoms in total. The molecule has 1 amide bonds. The number of nitrogens with one attached hydrogen (secondary N) is 1. The lowest BCUT2D eigenvalue weighted by Crippen LogP contribution is -2.44. The summed E-state index contributed by atoms with van der Waals surface area (Å²) < 4.78 is 0. The zero-order chi connectivity index (χ0) is 19.2. The molecule has 3 heterocycles. The molecular formula is C22H30N4OS. The average molecular weight is 399 g/mol. The van der Waals surface area contributed by atoms with Gasteiger partial charge in [0, 0.05) is 30.9 Å². The molecule has 2 aromatic heterocycles. The molecule has 0 spiro atoms. The first-order chi connectivity index (χ1) is 13.8. The van der Waals surface area contributed by atoms with Crippen molar-refractivity contribution in [2.45, 2.75) is 51.0 Å². The van der Waals surface area contributed by atoms with Gasteiger partial charge >= 0.3 is 0 Å². The standard InChI is InChI=1S/C22H30N4OS/c27-21(19-10-4-5-11-23-19)25-20(22-24-12-14-28-22)18-9-6-13-26(16-18)15-17-7-2-1-3-8-17/h4-5,10-12,14,17-18,20H,1-3,6-9,13,15-16H2,(H,25,27)/t18-,20+/m1/s1. The molecule has 0 radical (unpaired) electrons. The van der Waals surface area contributed by atoms with E-state index in [4.69, 9.17) is 0 Å². The lowest BCUT2D eigenvalue weighted by atomic mass is 9.86. The number of thiazole rings is 1. The first-order valence-corrected chi connectivity index (χ1v) is 11.5. The van der Waals surface area contributed by atoms with Gasteiger partial charge in [0.2, 0.25) is 0 Å². The van der Waals surface area contributed by atoms with Crippen LogP contribution in [-0.4, -0.2) is 40.4 Å². The van der Waals surface area contributed by atoms with E-state index in [1.165, 1.54) is 51.6 Å². The van der Waals surface area contributed by atoms with Crippen molar-refractivity contribution in [3.63, 3.8) is 0 Å². The van der Waals surface area contributed by atoms with Crippen molar-refractivity contribution in [3.8, 4) is 0 Å². The third-order valence-corrected chi connectivity index (χ3v) is 7.01.